The molecular weight excluding hydrogens is 308 g/mol. The fraction of sp³-hybridized carbons (Fsp3) is 0.222. The Morgan fingerprint density at radius 3 is 2.12 bits per heavy atom. The monoisotopic (exact) mass is 327 g/mol. The summed E-state index contributed by atoms with van der Waals surface area (Å²) >= 11 is 0. The van der Waals surface area contributed by atoms with Crippen LogP contribution in [0, 0.1) is 5.39 Å². The van der Waals surface area contributed by atoms with Gasteiger partial charge in [-0.15, -0.1) is 0 Å². The SMILES string of the molecule is CC(=O)Oc1ccc(OC(C)=O)c(CCc2ccccc2)c1.N#[NH+]. The largest absolute Gasteiger partial charge is 0.427 e. The van der Waals surface area contributed by atoms with E-state index in [0.29, 0.717) is 17.9 Å². The van der Waals surface area contributed by atoms with Gasteiger partial charge in [-0.2, -0.15) is 0 Å². The first-order valence-electron chi connectivity index (χ1n) is 7.30. The minimum Gasteiger partial charge on any atom is -0.427 e. The molecule has 0 spiro atoms. The number of diazo groups is 1. The number of rotatable bonds is 5. The minimum atomic E-state index is -0.380. The van der Waals surface area contributed by atoms with Gasteiger partial charge in [-0.25, -0.2) is 0 Å². The van der Waals surface area contributed by atoms with Crippen LogP contribution in [-0.4, -0.2) is 11.9 Å². The van der Waals surface area contributed by atoms with E-state index in [4.69, 9.17) is 20.3 Å². The molecule has 0 radical (unpaired) electrons. The highest BCUT2D eigenvalue weighted by Gasteiger charge is 2.10. The molecule has 0 atom stereocenters. The smallest absolute Gasteiger partial charge is 0.308 e. The molecule has 0 amide bonds. The van der Waals surface area contributed by atoms with Gasteiger partial charge in [0.05, 0.1) is 5.39 Å². The Morgan fingerprint density at radius 2 is 1.54 bits per heavy atom. The summed E-state index contributed by atoms with van der Waals surface area (Å²) < 4.78 is 10.3. The van der Waals surface area contributed by atoms with Crippen molar-refractivity contribution in [3.63, 3.8) is 0 Å². The van der Waals surface area contributed by atoms with Gasteiger partial charge in [0.15, 0.2) is 0 Å². The van der Waals surface area contributed by atoms with Gasteiger partial charge >= 0.3 is 11.9 Å². The quantitative estimate of drug-likeness (QED) is 0.511. The van der Waals surface area contributed by atoms with Gasteiger partial charge in [0, 0.05) is 13.8 Å². The summed E-state index contributed by atoms with van der Waals surface area (Å²) in [7, 11) is 0. The third-order valence-electron chi connectivity index (χ3n) is 3.07. The summed E-state index contributed by atoms with van der Waals surface area (Å²) in [6.45, 7) is 2.71. The molecule has 0 fully saturated rings. The van der Waals surface area contributed by atoms with E-state index in [0.717, 1.165) is 12.0 Å². The highest BCUT2D eigenvalue weighted by atomic mass is 16.5. The number of esters is 2. The zero-order valence-electron chi connectivity index (χ0n) is 13.6. The number of nitrogens with zero attached hydrogens (tertiary/aromatic N) is 1. The molecule has 0 heterocycles. The van der Waals surface area contributed by atoms with Crippen LogP contribution in [-0.2, 0) is 22.4 Å². The molecule has 24 heavy (non-hydrogen) atoms. The highest BCUT2D eigenvalue weighted by molar-refractivity contribution is 5.71. The number of ether oxygens (including phenoxy) is 2. The minimum absolute atomic E-state index is 0.374. The van der Waals surface area contributed by atoms with Crippen molar-refractivity contribution in [2.45, 2.75) is 26.7 Å². The van der Waals surface area contributed by atoms with E-state index in [9.17, 15) is 9.59 Å². The molecule has 124 valence electrons. The van der Waals surface area contributed by atoms with Crippen LogP contribution in [0.15, 0.2) is 48.5 Å². The lowest BCUT2D eigenvalue weighted by Gasteiger charge is -2.11. The second-order valence-electron chi connectivity index (χ2n) is 4.94. The number of benzene rings is 2. The van der Waals surface area contributed by atoms with E-state index < -0.39 is 0 Å². The topological polar surface area (TPSA) is 100 Å². The summed E-state index contributed by atoms with van der Waals surface area (Å²) in [5, 5.41) is 11.0. The third kappa shape index (κ3) is 6.28. The second-order valence-corrected chi connectivity index (χ2v) is 4.94. The van der Waals surface area contributed by atoms with Gasteiger partial charge in [0.25, 0.3) is 0 Å². The molecule has 0 unspecified atom stereocenters. The van der Waals surface area contributed by atoms with Crippen LogP contribution >= 0.6 is 0 Å². The maximum atomic E-state index is 11.2. The Bertz CT molecular complexity index is 711. The highest BCUT2D eigenvalue weighted by Crippen LogP contribution is 2.26. The van der Waals surface area contributed by atoms with Crippen LogP contribution in [0.3, 0.4) is 0 Å². The maximum Gasteiger partial charge on any atom is 0.308 e. The van der Waals surface area contributed by atoms with Gasteiger partial charge in [-0.05, 0) is 42.2 Å². The van der Waals surface area contributed by atoms with Gasteiger partial charge in [0.2, 0.25) is 5.39 Å². The molecule has 6 nitrogen and oxygen atoms in total. The van der Waals surface area contributed by atoms with Crippen molar-refractivity contribution in [2.24, 2.45) is 0 Å². The first kappa shape index (κ1) is 18.8. The molecule has 0 bridgehead atoms. The maximum absolute atomic E-state index is 11.2. The number of hydrogen-bond acceptors (Lipinski definition) is 5. The molecule has 2 rings (SSSR count). The van der Waals surface area contributed by atoms with E-state index in [2.05, 4.69) is 0 Å². The molecular formula is C18H19N2O4+. The van der Waals surface area contributed by atoms with Gasteiger partial charge in [-0.1, -0.05) is 30.3 Å². The number of nitrogens with one attached hydrogen (secondary N) is 1. The lowest BCUT2D eigenvalue weighted by Crippen LogP contribution is -2.11. The summed E-state index contributed by atoms with van der Waals surface area (Å²) in [6.07, 6.45) is 1.49. The Kier molecular flexibility index (Phi) is 7.65. The molecule has 0 aliphatic heterocycles. The van der Waals surface area contributed by atoms with Crippen molar-refractivity contribution in [1.82, 2.24) is 0 Å². The molecule has 0 saturated heterocycles. The van der Waals surface area contributed by atoms with E-state index >= 15 is 0 Å². The van der Waals surface area contributed by atoms with Gasteiger partial charge < -0.3 is 9.47 Å². The number of aryl methyl sites for hydroxylation is 2. The summed E-state index contributed by atoms with van der Waals surface area (Å²) in [5.41, 5.74) is 2.02. The van der Waals surface area contributed by atoms with Crippen molar-refractivity contribution in [2.75, 3.05) is 0 Å². The predicted molar refractivity (Wildman–Crippen MR) is 85.6 cm³/mol. The van der Waals surface area contributed by atoms with Crippen molar-refractivity contribution in [1.29, 1.82) is 5.39 Å². The lowest BCUT2D eigenvalue weighted by molar-refractivity contribution is -0.175. The van der Waals surface area contributed by atoms with Crippen molar-refractivity contribution in [3.8, 4) is 11.5 Å². The van der Waals surface area contributed by atoms with Crippen LogP contribution in [0.2, 0.25) is 0 Å². The average molecular weight is 327 g/mol. The van der Waals surface area contributed by atoms with Crippen LogP contribution in [0.4, 0.5) is 0 Å². The average Bonchev–Trinajstić information content (AvgIpc) is 2.57. The Morgan fingerprint density at radius 1 is 0.917 bits per heavy atom. The molecule has 0 aliphatic rings. The molecule has 1 N–H and O–H groups in total. The van der Waals surface area contributed by atoms with Crippen LogP contribution < -0.4 is 14.9 Å². The fourth-order valence-electron chi connectivity index (χ4n) is 2.16. The van der Waals surface area contributed by atoms with Crippen molar-refractivity contribution in [3.05, 3.63) is 59.7 Å². The standard InChI is InChI=1S/C18H18O4.N2/c1-13(19)21-17-10-11-18(22-14(2)20)16(12-17)9-8-15-6-4-3-5-7-15;1-2/h3-7,10-12H,8-9H2,1-2H3;/p+1. The van der Waals surface area contributed by atoms with Crippen molar-refractivity contribution < 1.29 is 24.5 Å². The zero-order valence-corrected chi connectivity index (χ0v) is 13.6. The molecule has 2 aromatic rings. The number of hydrogen-bond donors (Lipinski definition) is 1. The fourth-order valence-corrected chi connectivity index (χ4v) is 2.16. The van der Waals surface area contributed by atoms with E-state index in [1.807, 2.05) is 30.3 Å². The normalized spacial score (nSPS) is 9.33. The van der Waals surface area contributed by atoms with Crippen molar-refractivity contribution >= 4 is 11.9 Å². The molecule has 0 aromatic heterocycles. The number of carbonyl (C=O) groups is 2. The first-order chi connectivity index (χ1) is 11.5. The lowest BCUT2D eigenvalue weighted by atomic mass is 10.0. The summed E-state index contributed by atoms with van der Waals surface area (Å²) in [5.74, 6) is 0.196. The zero-order chi connectivity index (χ0) is 17.9. The van der Waals surface area contributed by atoms with E-state index in [1.54, 1.807) is 18.2 Å². The molecule has 0 saturated carbocycles. The Hall–Kier alpha value is -3.20. The number of carbonyl (C=O) groups excluding carboxylic acids is 2. The van der Waals surface area contributed by atoms with E-state index in [1.165, 1.54) is 19.4 Å². The Labute approximate surface area is 140 Å². The van der Waals surface area contributed by atoms with Gasteiger partial charge in [0.1, 0.15) is 11.5 Å². The summed E-state index contributed by atoms with van der Waals surface area (Å²) in [6, 6.07) is 15.0. The summed E-state index contributed by atoms with van der Waals surface area (Å²) in [4.78, 5) is 22.3. The third-order valence-corrected chi connectivity index (χ3v) is 3.07. The molecule has 0 aliphatic carbocycles. The van der Waals surface area contributed by atoms with Crippen LogP contribution in [0.1, 0.15) is 25.0 Å². The molecule has 6 heteroatoms. The second kappa shape index (κ2) is 9.74. The molecule has 2 aromatic carbocycles. The predicted octanol–water partition coefficient (Wildman–Crippen LogP) is 1.60. The van der Waals surface area contributed by atoms with Crippen LogP contribution in [0.25, 0.3) is 0 Å². The Balaban J connectivity index is 0.00000139. The first-order valence-corrected chi connectivity index (χ1v) is 7.30. The van der Waals surface area contributed by atoms with Gasteiger partial charge in [-0.3, -0.25) is 9.59 Å². The van der Waals surface area contributed by atoms with Crippen LogP contribution in [0.5, 0.6) is 11.5 Å². The van der Waals surface area contributed by atoms with E-state index in [-0.39, 0.29) is 11.9 Å².